The maximum Gasteiger partial charge on any atom is 0.225 e. The van der Waals surface area contributed by atoms with Crippen molar-refractivity contribution in [1.82, 2.24) is 15.1 Å². The molecule has 1 aromatic rings. The number of likely N-dealkylation sites (tertiary alicyclic amines) is 2. The Morgan fingerprint density at radius 2 is 1.75 bits per heavy atom. The molecule has 1 atom stereocenters. The first-order valence-corrected chi connectivity index (χ1v) is 11.0. The highest BCUT2D eigenvalue weighted by Gasteiger charge is 2.37. The zero-order valence-corrected chi connectivity index (χ0v) is 17.2. The molecule has 1 aromatic carbocycles. The number of hydrogen-bond acceptors (Lipinski definition) is 3. The van der Waals surface area contributed by atoms with Crippen LogP contribution in [0.2, 0.25) is 5.02 Å². The van der Waals surface area contributed by atoms with Crippen LogP contribution in [0.1, 0.15) is 44.1 Å². The fourth-order valence-electron chi connectivity index (χ4n) is 4.56. The molecule has 3 fully saturated rings. The van der Waals surface area contributed by atoms with Crippen molar-refractivity contribution >= 4 is 23.4 Å². The van der Waals surface area contributed by atoms with Crippen LogP contribution in [0.25, 0.3) is 0 Å². The molecule has 0 bridgehead atoms. The predicted octanol–water partition coefficient (Wildman–Crippen LogP) is 3.07. The normalized spacial score (nSPS) is 24.2. The van der Waals surface area contributed by atoms with E-state index in [0.29, 0.717) is 29.4 Å². The second-order valence-corrected chi connectivity index (χ2v) is 8.88. The highest BCUT2D eigenvalue weighted by molar-refractivity contribution is 6.31. The van der Waals surface area contributed by atoms with E-state index in [1.54, 1.807) is 0 Å². The van der Waals surface area contributed by atoms with Crippen LogP contribution < -0.4 is 5.32 Å². The van der Waals surface area contributed by atoms with Gasteiger partial charge in [-0.25, -0.2) is 0 Å². The van der Waals surface area contributed by atoms with Crippen molar-refractivity contribution in [2.45, 2.75) is 51.1 Å². The molecule has 5 nitrogen and oxygen atoms in total. The van der Waals surface area contributed by atoms with Gasteiger partial charge in [0.05, 0.1) is 5.92 Å². The quantitative estimate of drug-likeness (QED) is 0.822. The molecule has 0 spiro atoms. The van der Waals surface area contributed by atoms with Gasteiger partial charge >= 0.3 is 0 Å². The Balaban J connectivity index is 1.25. The SMILES string of the molecule is O=C(NCc1ccccc1Cl)[C@H]1CCCN(C2CCN(C(=O)C3CC3)CC2)C1. The van der Waals surface area contributed by atoms with Gasteiger partial charge in [0.15, 0.2) is 0 Å². The van der Waals surface area contributed by atoms with Gasteiger partial charge in [0, 0.05) is 43.2 Å². The van der Waals surface area contributed by atoms with E-state index < -0.39 is 0 Å². The topological polar surface area (TPSA) is 52.7 Å². The number of nitrogens with one attached hydrogen (secondary N) is 1. The molecule has 1 aliphatic carbocycles. The molecule has 2 amide bonds. The van der Waals surface area contributed by atoms with E-state index in [9.17, 15) is 9.59 Å². The van der Waals surface area contributed by atoms with Crippen molar-refractivity contribution < 1.29 is 9.59 Å². The van der Waals surface area contributed by atoms with E-state index >= 15 is 0 Å². The highest BCUT2D eigenvalue weighted by Crippen LogP contribution is 2.32. The molecule has 6 heteroatoms. The zero-order chi connectivity index (χ0) is 19.5. The average Bonchev–Trinajstić information content (AvgIpc) is 3.58. The molecule has 28 heavy (non-hydrogen) atoms. The summed E-state index contributed by atoms with van der Waals surface area (Å²) in [5, 5.41) is 3.77. The molecule has 2 heterocycles. The van der Waals surface area contributed by atoms with Gasteiger partial charge < -0.3 is 10.2 Å². The number of amides is 2. The Morgan fingerprint density at radius 3 is 2.46 bits per heavy atom. The van der Waals surface area contributed by atoms with Crippen LogP contribution in [-0.4, -0.2) is 53.8 Å². The molecule has 3 aliphatic rings. The summed E-state index contributed by atoms with van der Waals surface area (Å²) in [7, 11) is 0. The summed E-state index contributed by atoms with van der Waals surface area (Å²) in [6, 6.07) is 8.15. The molecule has 0 radical (unpaired) electrons. The maximum atomic E-state index is 12.7. The van der Waals surface area contributed by atoms with Crippen molar-refractivity contribution in [1.29, 1.82) is 0 Å². The van der Waals surface area contributed by atoms with Gasteiger partial charge in [-0.05, 0) is 56.7 Å². The first kappa shape index (κ1) is 19.7. The van der Waals surface area contributed by atoms with Crippen LogP contribution in [0.4, 0.5) is 0 Å². The minimum atomic E-state index is 0.0439. The number of carbonyl (C=O) groups is 2. The third-order valence-electron chi connectivity index (χ3n) is 6.45. The second-order valence-electron chi connectivity index (χ2n) is 8.47. The Labute approximate surface area is 172 Å². The fraction of sp³-hybridized carbons (Fsp3) is 0.636. The number of benzene rings is 1. The number of piperidine rings is 2. The van der Waals surface area contributed by atoms with E-state index in [4.69, 9.17) is 11.6 Å². The van der Waals surface area contributed by atoms with Crippen LogP contribution in [-0.2, 0) is 16.1 Å². The highest BCUT2D eigenvalue weighted by atomic mass is 35.5. The van der Waals surface area contributed by atoms with Gasteiger partial charge in [-0.3, -0.25) is 14.5 Å². The lowest BCUT2D eigenvalue weighted by Crippen LogP contribution is -2.51. The Morgan fingerprint density at radius 1 is 1.00 bits per heavy atom. The van der Waals surface area contributed by atoms with Crippen LogP contribution >= 0.6 is 11.6 Å². The lowest BCUT2D eigenvalue weighted by atomic mass is 9.93. The number of halogens is 1. The standard InChI is InChI=1S/C22H30ClN3O2/c23-20-6-2-1-4-17(20)14-24-21(27)18-5-3-11-26(15-18)19-9-12-25(13-10-19)22(28)16-7-8-16/h1-2,4,6,16,18-19H,3,5,7-15H2,(H,24,27)/t18-/m0/s1. The number of rotatable bonds is 5. The van der Waals surface area contributed by atoms with E-state index in [1.807, 2.05) is 24.3 Å². The van der Waals surface area contributed by atoms with Gasteiger partial charge in [-0.1, -0.05) is 29.8 Å². The van der Waals surface area contributed by atoms with Crippen molar-refractivity contribution in [3.05, 3.63) is 34.9 Å². The smallest absolute Gasteiger partial charge is 0.225 e. The Hall–Kier alpha value is -1.59. The van der Waals surface area contributed by atoms with Crippen LogP contribution in [0.3, 0.4) is 0 Å². The largest absolute Gasteiger partial charge is 0.352 e. The number of hydrogen-bond donors (Lipinski definition) is 1. The van der Waals surface area contributed by atoms with Gasteiger partial charge in [-0.15, -0.1) is 0 Å². The zero-order valence-electron chi connectivity index (χ0n) is 16.4. The monoisotopic (exact) mass is 403 g/mol. The lowest BCUT2D eigenvalue weighted by Gasteiger charge is -2.42. The van der Waals surface area contributed by atoms with E-state index in [2.05, 4.69) is 15.1 Å². The molecular formula is C22H30ClN3O2. The molecule has 2 aliphatic heterocycles. The summed E-state index contributed by atoms with van der Waals surface area (Å²) < 4.78 is 0. The first-order valence-electron chi connectivity index (χ1n) is 10.7. The van der Waals surface area contributed by atoms with E-state index in [1.165, 1.54) is 0 Å². The third kappa shape index (κ3) is 4.69. The van der Waals surface area contributed by atoms with Crippen LogP contribution in [0.15, 0.2) is 24.3 Å². The molecule has 0 unspecified atom stereocenters. The van der Waals surface area contributed by atoms with Crippen molar-refractivity contribution in [2.75, 3.05) is 26.2 Å². The summed E-state index contributed by atoms with van der Waals surface area (Å²) in [4.78, 5) is 29.5. The number of nitrogens with zero attached hydrogens (tertiary/aromatic N) is 2. The second kappa shape index (κ2) is 8.83. The summed E-state index contributed by atoms with van der Waals surface area (Å²) in [6.45, 7) is 4.13. The number of carbonyl (C=O) groups excluding carboxylic acids is 2. The minimum Gasteiger partial charge on any atom is -0.352 e. The van der Waals surface area contributed by atoms with Crippen molar-refractivity contribution in [3.63, 3.8) is 0 Å². The molecular weight excluding hydrogens is 374 g/mol. The molecule has 1 saturated carbocycles. The molecule has 152 valence electrons. The van der Waals surface area contributed by atoms with Crippen molar-refractivity contribution in [2.24, 2.45) is 11.8 Å². The summed E-state index contributed by atoms with van der Waals surface area (Å²) in [5.41, 5.74) is 0.956. The Kier molecular flexibility index (Phi) is 6.22. The minimum absolute atomic E-state index is 0.0439. The third-order valence-corrected chi connectivity index (χ3v) is 6.82. The summed E-state index contributed by atoms with van der Waals surface area (Å²) in [6.07, 6.45) is 6.24. The van der Waals surface area contributed by atoms with Gasteiger partial charge in [0.25, 0.3) is 0 Å². The van der Waals surface area contributed by atoms with Gasteiger partial charge in [-0.2, -0.15) is 0 Å². The summed E-state index contributed by atoms with van der Waals surface area (Å²) >= 11 is 6.19. The van der Waals surface area contributed by atoms with E-state index in [-0.39, 0.29) is 11.8 Å². The van der Waals surface area contributed by atoms with Crippen LogP contribution in [0.5, 0.6) is 0 Å². The molecule has 0 aromatic heterocycles. The predicted molar refractivity (Wildman–Crippen MR) is 110 cm³/mol. The Bertz CT molecular complexity index is 713. The first-order chi connectivity index (χ1) is 13.6. The average molecular weight is 404 g/mol. The molecule has 1 N–H and O–H groups in total. The fourth-order valence-corrected chi connectivity index (χ4v) is 4.76. The maximum absolute atomic E-state index is 12.7. The van der Waals surface area contributed by atoms with E-state index in [0.717, 1.165) is 70.3 Å². The van der Waals surface area contributed by atoms with Gasteiger partial charge in [0.1, 0.15) is 0 Å². The lowest BCUT2D eigenvalue weighted by molar-refractivity contribution is -0.134. The summed E-state index contributed by atoms with van der Waals surface area (Å²) in [5.74, 6) is 0.861. The van der Waals surface area contributed by atoms with Crippen LogP contribution in [0, 0.1) is 11.8 Å². The molecule has 2 saturated heterocycles. The van der Waals surface area contributed by atoms with Gasteiger partial charge in [0.2, 0.25) is 11.8 Å². The molecule has 4 rings (SSSR count). The van der Waals surface area contributed by atoms with Crippen molar-refractivity contribution in [3.8, 4) is 0 Å².